The van der Waals surface area contributed by atoms with Crippen LogP contribution < -0.4 is 15.0 Å². The van der Waals surface area contributed by atoms with Crippen LogP contribution in [0.3, 0.4) is 0 Å². The van der Waals surface area contributed by atoms with Gasteiger partial charge in [0.1, 0.15) is 5.75 Å². The SMILES string of the molecule is COc1ccc(N2CCC(NC(=O)C3CCCN(C(=O)c4ccc(C)cc4)C3)CC2)cc1. The fourth-order valence-electron chi connectivity index (χ4n) is 4.65. The van der Waals surface area contributed by atoms with Gasteiger partial charge in [-0.15, -0.1) is 0 Å². The lowest BCUT2D eigenvalue weighted by Gasteiger charge is -2.36. The van der Waals surface area contributed by atoms with Crippen LogP contribution in [-0.2, 0) is 4.79 Å². The molecule has 0 spiro atoms. The molecular weight excluding hydrogens is 402 g/mol. The number of amides is 2. The normalized spacial score (nSPS) is 19.5. The van der Waals surface area contributed by atoms with E-state index >= 15 is 0 Å². The van der Waals surface area contributed by atoms with Gasteiger partial charge in [-0.05, 0) is 69.0 Å². The molecule has 1 N–H and O–H groups in total. The van der Waals surface area contributed by atoms with Gasteiger partial charge >= 0.3 is 0 Å². The highest BCUT2D eigenvalue weighted by Crippen LogP contribution is 2.24. The average Bonchev–Trinajstić information content (AvgIpc) is 2.85. The third-order valence-corrected chi connectivity index (χ3v) is 6.66. The summed E-state index contributed by atoms with van der Waals surface area (Å²) in [5.41, 5.74) is 3.02. The second-order valence-corrected chi connectivity index (χ2v) is 8.92. The fourth-order valence-corrected chi connectivity index (χ4v) is 4.65. The Hall–Kier alpha value is -3.02. The molecular formula is C26H33N3O3. The quantitative estimate of drug-likeness (QED) is 0.779. The van der Waals surface area contributed by atoms with Gasteiger partial charge < -0.3 is 19.9 Å². The molecule has 2 aliphatic rings. The van der Waals surface area contributed by atoms with E-state index in [9.17, 15) is 9.59 Å². The zero-order valence-electron chi connectivity index (χ0n) is 19.0. The molecule has 0 aromatic heterocycles. The predicted molar refractivity (Wildman–Crippen MR) is 126 cm³/mol. The molecule has 1 atom stereocenters. The van der Waals surface area contributed by atoms with Gasteiger partial charge in [0.15, 0.2) is 0 Å². The van der Waals surface area contributed by atoms with Gasteiger partial charge in [-0.3, -0.25) is 9.59 Å². The summed E-state index contributed by atoms with van der Waals surface area (Å²) in [5.74, 6) is 0.848. The number of aryl methyl sites for hydroxylation is 1. The summed E-state index contributed by atoms with van der Waals surface area (Å²) < 4.78 is 5.24. The smallest absolute Gasteiger partial charge is 0.253 e. The number of rotatable bonds is 5. The van der Waals surface area contributed by atoms with Gasteiger partial charge in [-0.25, -0.2) is 0 Å². The number of carbonyl (C=O) groups excluding carboxylic acids is 2. The fraction of sp³-hybridized carbons (Fsp3) is 0.462. The Kier molecular flexibility index (Phi) is 6.98. The number of likely N-dealkylation sites (tertiary alicyclic amines) is 1. The Morgan fingerprint density at radius 3 is 2.28 bits per heavy atom. The minimum Gasteiger partial charge on any atom is -0.497 e. The number of carbonyl (C=O) groups is 2. The van der Waals surface area contributed by atoms with Crippen LogP contribution in [0.2, 0.25) is 0 Å². The molecule has 0 aliphatic carbocycles. The highest BCUT2D eigenvalue weighted by Gasteiger charge is 2.30. The molecule has 6 nitrogen and oxygen atoms in total. The maximum Gasteiger partial charge on any atom is 0.253 e. The van der Waals surface area contributed by atoms with Gasteiger partial charge in [-0.2, -0.15) is 0 Å². The van der Waals surface area contributed by atoms with Crippen molar-refractivity contribution in [2.75, 3.05) is 38.2 Å². The molecule has 2 saturated heterocycles. The van der Waals surface area contributed by atoms with Crippen molar-refractivity contribution < 1.29 is 14.3 Å². The van der Waals surface area contributed by atoms with Crippen molar-refractivity contribution in [1.29, 1.82) is 0 Å². The molecule has 2 heterocycles. The monoisotopic (exact) mass is 435 g/mol. The molecule has 2 fully saturated rings. The lowest BCUT2D eigenvalue weighted by atomic mass is 9.95. The molecule has 170 valence electrons. The molecule has 2 aliphatic heterocycles. The second kappa shape index (κ2) is 10.1. The number of hydrogen-bond acceptors (Lipinski definition) is 4. The van der Waals surface area contributed by atoms with E-state index in [0.717, 1.165) is 56.6 Å². The Labute approximate surface area is 190 Å². The summed E-state index contributed by atoms with van der Waals surface area (Å²) in [6, 6.07) is 16.0. The Morgan fingerprint density at radius 2 is 1.62 bits per heavy atom. The molecule has 0 saturated carbocycles. The van der Waals surface area contributed by atoms with Crippen molar-refractivity contribution in [3.63, 3.8) is 0 Å². The molecule has 6 heteroatoms. The van der Waals surface area contributed by atoms with Crippen LogP contribution in [0, 0.1) is 12.8 Å². The van der Waals surface area contributed by atoms with E-state index < -0.39 is 0 Å². The Bertz CT molecular complexity index is 918. The van der Waals surface area contributed by atoms with Crippen LogP contribution in [0.4, 0.5) is 5.69 Å². The number of nitrogens with one attached hydrogen (secondary N) is 1. The van der Waals surface area contributed by atoms with E-state index in [-0.39, 0.29) is 23.8 Å². The summed E-state index contributed by atoms with van der Waals surface area (Å²) in [7, 11) is 1.67. The Morgan fingerprint density at radius 1 is 0.938 bits per heavy atom. The van der Waals surface area contributed by atoms with Crippen molar-refractivity contribution in [2.24, 2.45) is 5.92 Å². The summed E-state index contributed by atoms with van der Waals surface area (Å²) in [4.78, 5) is 30.0. The number of anilines is 1. The van der Waals surface area contributed by atoms with E-state index in [2.05, 4.69) is 22.3 Å². The Balaban J connectivity index is 1.27. The van der Waals surface area contributed by atoms with Crippen molar-refractivity contribution in [1.82, 2.24) is 10.2 Å². The van der Waals surface area contributed by atoms with E-state index in [1.54, 1.807) is 7.11 Å². The first-order valence-corrected chi connectivity index (χ1v) is 11.6. The van der Waals surface area contributed by atoms with E-state index in [4.69, 9.17) is 4.74 Å². The van der Waals surface area contributed by atoms with Crippen molar-refractivity contribution in [2.45, 2.75) is 38.6 Å². The zero-order valence-corrected chi connectivity index (χ0v) is 19.0. The van der Waals surface area contributed by atoms with Crippen molar-refractivity contribution in [3.05, 3.63) is 59.7 Å². The van der Waals surface area contributed by atoms with Gasteiger partial charge in [0.25, 0.3) is 5.91 Å². The highest BCUT2D eigenvalue weighted by molar-refractivity contribution is 5.94. The van der Waals surface area contributed by atoms with E-state index in [1.165, 1.54) is 5.69 Å². The van der Waals surface area contributed by atoms with Crippen LogP contribution in [0.5, 0.6) is 5.75 Å². The molecule has 2 amide bonds. The third kappa shape index (κ3) is 5.23. The number of hydrogen-bond donors (Lipinski definition) is 1. The third-order valence-electron chi connectivity index (χ3n) is 6.66. The van der Waals surface area contributed by atoms with Crippen molar-refractivity contribution >= 4 is 17.5 Å². The van der Waals surface area contributed by atoms with Gasteiger partial charge in [0.2, 0.25) is 5.91 Å². The number of methoxy groups -OCH3 is 1. The molecule has 2 aromatic carbocycles. The lowest BCUT2D eigenvalue weighted by Crippen LogP contribution is -2.50. The molecule has 4 rings (SSSR count). The topological polar surface area (TPSA) is 61.9 Å². The summed E-state index contributed by atoms with van der Waals surface area (Å²) >= 11 is 0. The molecule has 32 heavy (non-hydrogen) atoms. The first kappa shape index (κ1) is 22.2. The van der Waals surface area contributed by atoms with Crippen LogP contribution in [-0.4, -0.2) is 56.0 Å². The first-order chi connectivity index (χ1) is 15.5. The summed E-state index contributed by atoms with van der Waals surface area (Å²) in [6.45, 7) is 5.07. The largest absolute Gasteiger partial charge is 0.497 e. The number of piperidine rings is 2. The average molecular weight is 436 g/mol. The highest BCUT2D eigenvalue weighted by atomic mass is 16.5. The van der Waals surface area contributed by atoms with Crippen molar-refractivity contribution in [3.8, 4) is 5.75 Å². The van der Waals surface area contributed by atoms with Gasteiger partial charge in [-0.1, -0.05) is 17.7 Å². The summed E-state index contributed by atoms with van der Waals surface area (Å²) in [5, 5.41) is 3.26. The predicted octanol–water partition coefficient (Wildman–Crippen LogP) is 3.64. The number of benzene rings is 2. The standard InChI is InChI=1S/C26H33N3O3/c1-19-5-7-20(8-6-19)26(31)29-15-3-4-21(18-29)25(30)27-22-13-16-28(17-14-22)23-9-11-24(32-2)12-10-23/h5-12,21-22H,3-4,13-18H2,1-2H3,(H,27,30). The van der Waals surface area contributed by atoms with Crippen LogP contribution >= 0.6 is 0 Å². The van der Waals surface area contributed by atoms with Crippen LogP contribution in [0.15, 0.2) is 48.5 Å². The van der Waals surface area contributed by atoms with E-state index in [0.29, 0.717) is 12.1 Å². The van der Waals surface area contributed by atoms with E-state index in [1.807, 2.05) is 48.2 Å². The molecule has 0 bridgehead atoms. The maximum atomic E-state index is 13.0. The molecule has 2 aromatic rings. The maximum absolute atomic E-state index is 13.0. The lowest BCUT2D eigenvalue weighted by molar-refractivity contribution is -0.127. The minimum absolute atomic E-state index is 0.0234. The summed E-state index contributed by atoms with van der Waals surface area (Å²) in [6.07, 6.45) is 3.56. The zero-order chi connectivity index (χ0) is 22.5. The van der Waals surface area contributed by atoms with Gasteiger partial charge in [0.05, 0.1) is 13.0 Å². The first-order valence-electron chi connectivity index (χ1n) is 11.6. The number of nitrogens with zero attached hydrogens (tertiary/aromatic N) is 2. The van der Waals surface area contributed by atoms with Gasteiger partial charge in [0, 0.05) is 43.5 Å². The number of ether oxygens (including phenoxy) is 1. The molecule has 0 radical (unpaired) electrons. The minimum atomic E-state index is -0.127. The second-order valence-electron chi connectivity index (χ2n) is 8.92. The molecule has 1 unspecified atom stereocenters. The van der Waals surface area contributed by atoms with Crippen LogP contribution in [0.1, 0.15) is 41.6 Å². The van der Waals surface area contributed by atoms with Crippen LogP contribution in [0.25, 0.3) is 0 Å².